The third kappa shape index (κ3) is 3.82. The molecule has 0 saturated heterocycles. The number of anilines is 1. The van der Waals surface area contributed by atoms with Crippen molar-refractivity contribution in [1.82, 2.24) is 4.98 Å². The maximum atomic E-state index is 12.7. The molecule has 0 bridgehead atoms. The van der Waals surface area contributed by atoms with Crippen LogP contribution in [0, 0.1) is 0 Å². The van der Waals surface area contributed by atoms with E-state index in [0.29, 0.717) is 5.56 Å². The van der Waals surface area contributed by atoms with Crippen molar-refractivity contribution >= 4 is 23.0 Å². The molecule has 0 radical (unpaired) electrons. The quantitative estimate of drug-likeness (QED) is 0.814. The second kappa shape index (κ2) is 5.95. The standard InChI is InChI=1S/C13H18F3N3S/c1-4-12(3,5-2)19-11-8(10(17)20)6-7-9(18-11)13(14,15)16/h6-7H,4-5H2,1-3H3,(H2,17,20)(H,18,19). The molecule has 0 amide bonds. The zero-order valence-electron chi connectivity index (χ0n) is 11.6. The van der Waals surface area contributed by atoms with Crippen LogP contribution >= 0.6 is 12.2 Å². The molecular formula is C13H18F3N3S. The lowest BCUT2D eigenvalue weighted by Crippen LogP contribution is -2.35. The number of thiocarbonyl (C=S) groups is 1. The smallest absolute Gasteiger partial charge is 0.389 e. The second-order valence-corrected chi connectivity index (χ2v) is 5.29. The summed E-state index contributed by atoms with van der Waals surface area (Å²) in [6.07, 6.45) is -3.03. The number of rotatable bonds is 5. The van der Waals surface area contributed by atoms with Crippen LogP contribution in [0.1, 0.15) is 44.9 Å². The SMILES string of the molecule is CCC(C)(CC)Nc1nc(C(F)(F)F)ccc1C(N)=S. The predicted molar refractivity (Wildman–Crippen MR) is 77.7 cm³/mol. The lowest BCUT2D eigenvalue weighted by atomic mass is 9.95. The topological polar surface area (TPSA) is 50.9 Å². The van der Waals surface area contributed by atoms with Crippen molar-refractivity contribution in [3.8, 4) is 0 Å². The Morgan fingerprint density at radius 3 is 2.25 bits per heavy atom. The molecule has 0 fully saturated rings. The second-order valence-electron chi connectivity index (χ2n) is 4.85. The summed E-state index contributed by atoms with van der Waals surface area (Å²) >= 11 is 4.86. The van der Waals surface area contributed by atoms with Crippen molar-refractivity contribution in [3.05, 3.63) is 23.4 Å². The van der Waals surface area contributed by atoms with Gasteiger partial charge in [-0.25, -0.2) is 4.98 Å². The summed E-state index contributed by atoms with van der Waals surface area (Å²) in [7, 11) is 0. The number of nitrogens with two attached hydrogens (primary N) is 1. The number of aromatic nitrogens is 1. The Morgan fingerprint density at radius 1 is 1.30 bits per heavy atom. The van der Waals surface area contributed by atoms with Gasteiger partial charge in [0.15, 0.2) is 0 Å². The van der Waals surface area contributed by atoms with Gasteiger partial charge in [0.1, 0.15) is 16.5 Å². The van der Waals surface area contributed by atoms with E-state index < -0.39 is 11.9 Å². The maximum absolute atomic E-state index is 12.7. The van der Waals surface area contributed by atoms with Crippen LogP contribution in [0.15, 0.2) is 12.1 Å². The molecule has 20 heavy (non-hydrogen) atoms. The average molecular weight is 305 g/mol. The molecule has 0 spiro atoms. The number of hydrogen-bond acceptors (Lipinski definition) is 3. The van der Waals surface area contributed by atoms with Crippen LogP contribution < -0.4 is 11.1 Å². The van der Waals surface area contributed by atoms with E-state index in [1.54, 1.807) is 0 Å². The van der Waals surface area contributed by atoms with Gasteiger partial charge in [-0.1, -0.05) is 26.1 Å². The Labute approximate surface area is 121 Å². The summed E-state index contributed by atoms with van der Waals surface area (Å²) in [4.78, 5) is 3.66. The third-order valence-electron chi connectivity index (χ3n) is 3.43. The molecule has 112 valence electrons. The van der Waals surface area contributed by atoms with Crippen molar-refractivity contribution < 1.29 is 13.2 Å². The molecule has 0 unspecified atom stereocenters. The van der Waals surface area contributed by atoms with Crippen molar-refractivity contribution in [2.75, 3.05) is 5.32 Å². The Hall–Kier alpha value is -1.37. The first-order valence-corrected chi connectivity index (χ1v) is 6.70. The number of hydrogen-bond donors (Lipinski definition) is 2. The molecule has 0 aromatic carbocycles. The molecule has 1 heterocycles. The molecule has 1 aromatic heterocycles. The fraction of sp³-hybridized carbons (Fsp3) is 0.538. The van der Waals surface area contributed by atoms with E-state index in [1.165, 1.54) is 6.07 Å². The Balaban J connectivity index is 3.29. The molecule has 0 aliphatic rings. The summed E-state index contributed by atoms with van der Waals surface area (Å²) in [5.74, 6) is 0.0820. The molecule has 3 N–H and O–H groups in total. The van der Waals surface area contributed by atoms with Gasteiger partial charge in [-0.05, 0) is 31.9 Å². The predicted octanol–water partition coefficient (Wildman–Crippen LogP) is 3.73. The molecule has 0 saturated carbocycles. The van der Waals surface area contributed by atoms with Crippen LogP contribution in [0.4, 0.5) is 19.0 Å². The van der Waals surface area contributed by atoms with Gasteiger partial charge in [0, 0.05) is 5.54 Å². The first-order chi connectivity index (χ1) is 9.13. The highest BCUT2D eigenvalue weighted by Crippen LogP contribution is 2.31. The van der Waals surface area contributed by atoms with Crippen molar-refractivity contribution in [2.45, 2.75) is 45.3 Å². The van der Waals surface area contributed by atoms with E-state index >= 15 is 0 Å². The number of nitrogens with zero attached hydrogens (tertiary/aromatic N) is 1. The normalized spacial score (nSPS) is 12.3. The van der Waals surface area contributed by atoms with Gasteiger partial charge >= 0.3 is 6.18 Å². The highest BCUT2D eigenvalue weighted by molar-refractivity contribution is 7.80. The minimum absolute atomic E-state index is 0.0169. The zero-order valence-corrected chi connectivity index (χ0v) is 12.5. The van der Waals surface area contributed by atoms with Gasteiger partial charge in [-0.3, -0.25) is 0 Å². The number of pyridine rings is 1. The number of nitrogens with one attached hydrogen (secondary N) is 1. The fourth-order valence-electron chi connectivity index (χ4n) is 1.62. The van der Waals surface area contributed by atoms with Crippen molar-refractivity contribution in [2.24, 2.45) is 5.73 Å². The average Bonchev–Trinajstić information content (AvgIpc) is 2.37. The molecular weight excluding hydrogens is 287 g/mol. The van der Waals surface area contributed by atoms with Gasteiger partial charge < -0.3 is 11.1 Å². The highest BCUT2D eigenvalue weighted by atomic mass is 32.1. The van der Waals surface area contributed by atoms with E-state index in [2.05, 4.69) is 10.3 Å². The Morgan fingerprint density at radius 2 is 1.85 bits per heavy atom. The molecule has 3 nitrogen and oxygen atoms in total. The third-order valence-corrected chi connectivity index (χ3v) is 3.65. The maximum Gasteiger partial charge on any atom is 0.433 e. The zero-order chi connectivity index (χ0) is 15.6. The summed E-state index contributed by atoms with van der Waals surface area (Å²) in [5, 5.41) is 3.04. The minimum atomic E-state index is -4.50. The lowest BCUT2D eigenvalue weighted by molar-refractivity contribution is -0.141. The van der Waals surface area contributed by atoms with Gasteiger partial charge in [-0.15, -0.1) is 0 Å². The lowest BCUT2D eigenvalue weighted by Gasteiger charge is -2.30. The van der Waals surface area contributed by atoms with Crippen LogP contribution in [0.5, 0.6) is 0 Å². The van der Waals surface area contributed by atoms with E-state index in [1.807, 2.05) is 20.8 Å². The molecule has 1 rings (SSSR count). The summed E-state index contributed by atoms with van der Waals surface area (Å²) in [5.41, 5.74) is 4.54. The van der Waals surface area contributed by atoms with Gasteiger partial charge in [0.25, 0.3) is 0 Å². The van der Waals surface area contributed by atoms with Crippen LogP contribution in [-0.4, -0.2) is 15.5 Å². The fourth-order valence-corrected chi connectivity index (χ4v) is 1.79. The molecule has 1 aromatic rings. The summed E-state index contributed by atoms with van der Waals surface area (Å²) in [6, 6.07) is 2.14. The Bertz CT molecular complexity index is 496. The van der Waals surface area contributed by atoms with E-state index in [4.69, 9.17) is 18.0 Å². The highest BCUT2D eigenvalue weighted by Gasteiger charge is 2.34. The van der Waals surface area contributed by atoms with E-state index in [9.17, 15) is 13.2 Å². The minimum Gasteiger partial charge on any atom is -0.389 e. The summed E-state index contributed by atoms with van der Waals surface area (Å²) in [6.45, 7) is 5.81. The molecule has 7 heteroatoms. The van der Waals surface area contributed by atoms with Crippen LogP contribution in [0.25, 0.3) is 0 Å². The Kier molecular flexibility index (Phi) is 4.96. The summed E-state index contributed by atoms with van der Waals surface area (Å²) < 4.78 is 38.2. The largest absolute Gasteiger partial charge is 0.433 e. The van der Waals surface area contributed by atoms with Gasteiger partial charge in [0.05, 0.1) is 5.56 Å². The molecule has 0 aliphatic heterocycles. The van der Waals surface area contributed by atoms with Crippen LogP contribution in [0.3, 0.4) is 0 Å². The number of halogens is 3. The molecule has 0 aliphatic carbocycles. The van der Waals surface area contributed by atoms with Crippen LogP contribution in [0.2, 0.25) is 0 Å². The monoisotopic (exact) mass is 305 g/mol. The first-order valence-electron chi connectivity index (χ1n) is 6.29. The van der Waals surface area contributed by atoms with E-state index in [0.717, 1.165) is 18.9 Å². The van der Waals surface area contributed by atoms with Crippen LogP contribution in [-0.2, 0) is 6.18 Å². The van der Waals surface area contributed by atoms with E-state index in [-0.39, 0.29) is 16.3 Å². The van der Waals surface area contributed by atoms with Gasteiger partial charge in [-0.2, -0.15) is 13.2 Å². The van der Waals surface area contributed by atoms with Gasteiger partial charge in [0.2, 0.25) is 0 Å². The molecule has 0 atom stereocenters. The number of alkyl halides is 3. The van der Waals surface area contributed by atoms with Crippen molar-refractivity contribution in [3.63, 3.8) is 0 Å². The van der Waals surface area contributed by atoms with Crippen molar-refractivity contribution in [1.29, 1.82) is 0 Å². The first kappa shape index (κ1) is 16.7.